The number of hydrazone groups is 1. The fourth-order valence-electron chi connectivity index (χ4n) is 3.16. The number of amides is 2. The Bertz CT molecular complexity index is 1030. The number of nitrogens with zero attached hydrogens (tertiary/aromatic N) is 1. The van der Waals surface area contributed by atoms with Crippen LogP contribution >= 0.6 is 0 Å². The zero-order chi connectivity index (χ0) is 22.8. The van der Waals surface area contributed by atoms with Crippen molar-refractivity contribution in [2.24, 2.45) is 5.10 Å². The van der Waals surface area contributed by atoms with Crippen LogP contribution < -0.4 is 15.5 Å². The molecule has 0 bridgehead atoms. The van der Waals surface area contributed by atoms with Crippen molar-refractivity contribution >= 4 is 18.0 Å². The monoisotopic (exact) mass is 431 g/mol. The van der Waals surface area contributed by atoms with Gasteiger partial charge in [-0.15, -0.1) is 0 Å². The first-order valence-corrected chi connectivity index (χ1v) is 10.2. The van der Waals surface area contributed by atoms with E-state index in [-0.39, 0.29) is 18.2 Å². The Kier molecular flexibility index (Phi) is 7.97. The van der Waals surface area contributed by atoms with Crippen LogP contribution in [0, 0.1) is 0 Å². The summed E-state index contributed by atoms with van der Waals surface area (Å²) >= 11 is 0. The fourth-order valence-corrected chi connectivity index (χ4v) is 3.16. The highest BCUT2D eigenvalue weighted by atomic mass is 16.5. The van der Waals surface area contributed by atoms with E-state index in [9.17, 15) is 14.7 Å². The molecule has 0 aliphatic rings. The lowest BCUT2D eigenvalue weighted by Gasteiger charge is -2.17. The van der Waals surface area contributed by atoms with Gasteiger partial charge in [-0.05, 0) is 41.8 Å². The molecule has 0 aliphatic heterocycles. The van der Waals surface area contributed by atoms with Crippen molar-refractivity contribution in [1.29, 1.82) is 0 Å². The third-order valence-electron chi connectivity index (χ3n) is 4.64. The molecule has 0 heterocycles. The molecule has 0 unspecified atom stereocenters. The fraction of sp³-hybridized carbons (Fsp3) is 0.160. The quantitative estimate of drug-likeness (QED) is 0.358. The summed E-state index contributed by atoms with van der Waals surface area (Å²) in [5.41, 5.74) is 4.71. The number of benzene rings is 3. The number of phenolic OH excluding ortho intramolecular Hbond substituents is 1. The van der Waals surface area contributed by atoms with Gasteiger partial charge in [0, 0.05) is 0 Å². The van der Waals surface area contributed by atoms with Gasteiger partial charge in [0.2, 0.25) is 5.91 Å². The third kappa shape index (κ3) is 6.18. The molecule has 0 aliphatic carbocycles. The van der Waals surface area contributed by atoms with E-state index in [1.54, 1.807) is 12.1 Å². The maximum atomic E-state index is 12.9. The molecular formula is C25H25N3O4. The molecule has 3 aromatic rings. The number of aromatic hydroxyl groups is 1. The van der Waals surface area contributed by atoms with Gasteiger partial charge in [-0.1, -0.05) is 60.7 Å². The predicted molar refractivity (Wildman–Crippen MR) is 123 cm³/mol. The Morgan fingerprint density at radius 2 is 1.62 bits per heavy atom. The van der Waals surface area contributed by atoms with Crippen LogP contribution in [0.1, 0.15) is 29.5 Å². The van der Waals surface area contributed by atoms with Crippen molar-refractivity contribution < 1.29 is 19.4 Å². The summed E-state index contributed by atoms with van der Waals surface area (Å²) in [5, 5.41) is 16.3. The van der Waals surface area contributed by atoms with E-state index >= 15 is 0 Å². The molecule has 3 aromatic carbocycles. The number of hydrogen-bond acceptors (Lipinski definition) is 5. The second-order valence-corrected chi connectivity index (χ2v) is 6.93. The lowest BCUT2D eigenvalue weighted by Crippen LogP contribution is -2.37. The Morgan fingerprint density at radius 3 is 2.22 bits per heavy atom. The number of nitrogens with one attached hydrogen (secondary N) is 2. The molecular weight excluding hydrogens is 406 g/mol. The highest BCUT2D eigenvalue weighted by Gasteiger charge is 2.22. The van der Waals surface area contributed by atoms with Crippen molar-refractivity contribution in [3.63, 3.8) is 0 Å². The van der Waals surface area contributed by atoms with Crippen LogP contribution in [0.4, 0.5) is 0 Å². The number of carbonyl (C=O) groups excluding carboxylic acids is 2. The maximum absolute atomic E-state index is 12.9. The number of ether oxygens (including phenoxy) is 1. The summed E-state index contributed by atoms with van der Waals surface area (Å²) in [5.74, 6) is -0.896. The topological polar surface area (TPSA) is 100 Å². The number of hydrogen-bond donors (Lipinski definition) is 3. The molecule has 0 fully saturated rings. The average molecular weight is 431 g/mol. The van der Waals surface area contributed by atoms with E-state index in [2.05, 4.69) is 15.8 Å². The van der Waals surface area contributed by atoms with Gasteiger partial charge in [-0.2, -0.15) is 5.10 Å². The molecule has 3 rings (SSSR count). The molecule has 0 saturated carbocycles. The second-order valence-electron chi connectivity index (χ2n) is 6.93. The summed E-state index contributed by atoms with van der Waals surface area (Å²) in [7, 11) is 0. The summed E-state index contributed by atoms with van der Waals surface area (Å²) in [4.78, 5) is 25.1. The van der Waals surface area contributed by atoms with E-state index in [0.717, 1.165) is 11.1 Å². The predicted octanol–water partition coefficient (Wildman–Crippen LogP) is 3.19. The Labute approximate surface area is 186 Å². The molecule has 2 amide bonds. The molecule has 7 nitrogen and oxygen atoms in total. The van der Waals surface area contributed by atoms with E-state index in [0.29, 0.717) is 17.9 Å². The van der Waals surface area contributed by atoms with Gasteiger partial charge < -0.3 is 15.2 Å². The Hall–Kier alpha value is -4.13. The first-order chi connectivity index (χ1) is 15.6. The molecule has 0 atom stereocenters. The zero-order valence-corrected chi connectivity index (χ0v) is 17.7. The molecule has 32 heavy (non-hydrogen) atoms. The lowest BCUT2D eigenvalue weighted by atomic mass is 9.90. The first kappa shape index (κ1) is 22.6. The SMILES string of the molecule is CCOc1cc(/C=N\NC(=O)CNC(=O)C(c2ccccc2)c2ccccc2)ccc1O. The van der Waals surface area contributed by atoms with Gasteiger partial charge in [0.15, 0.2) is 11.5 Å². The van der Waals surface area contributed by atoms with Gasteiger partial charge in [-0.3, -0.25) is 9.59 Å². The number of carbonyl (C=O) groups is 2. The van der Waals surface area contributed by atoms with Crippen LogP contribution in [0.2, 0.25) is 0 Å². The summed E-state index contributed by atoms with van der Waals surface area (Å²) in [6.45, 7) is 2.01. The van der Waals surface area contributed by atoms with Crippen molar-refractivity contribution in [1.82, 2.24) is 10.7 Å². The molecule has 0 saturated heterocycles. The molecule has 0 radical (unpaired) electrons. The van der Waals surface area contributed by atoms with Crippen molar-refractivity contribution in [3.8, 4) is 11.5 Å². The molecule has 0 aromatic heterocycles. The smallest absolute Gasteiger partial charge is 0.259 e. The van der Waals surface area contributed by atoms with E-state index in [1.165, 1.54) is 12.3 Å². The Balaban J connectivity index is 1.59. The van der Waals surface area contributed by atoms with Crippen molar-refractivity contribution in [2.75, 3.05) is 13.2 Å². The largest absolute Gasteiger partial charge is 0.504 e. The van der Waals surface area contributed by atoms with E-state index < -0.39 is 11.8 Å². The van der Waals surface area contributed by atoms with Gasteiger partial charge >= 0.3 is 0 Å². The van der Waals surface area contributed by atoms with Crippen LogP contribution in [0.25, 0.3) is 0 Å². The number of phenols is 1. The van der Waals surface area contributed by atoms with Crippen LogP contribution in [0.3, 0.4) is 0 Å². The van der Waals surface area contributed by atoms with Gasteiger partial charge in [0.1, 0.15) is 0 Å². The summed E-state index contributed by atoms with van der Waals surface area (Å²) in [6.07, 6.45) is 1.43. The van der Waals surface area contributed by atoms with Crippen molar-refractivity contribution in [2.45, 2.75) is 12.8 Å². The minimum Gasteiger partial charge on any atom is -0.504 e. The normalized spacial score (nSPS) is 10.8. The minimum absolute atomic E-state index is 0.0298. The second kappa shape index (κ2) is 11.3. The first-order valence-electron chi connectivity index (χ1n) is 10.2. The zero-order valence-electron chi connectivity index (χ0n) is 17.7. The molecule has 164 valence electrons. The van der Waals surface area contributed by atoms with Crippen LogP contribution in [0.15, 0.2) is 84.0 Å². The Morgan fingerprint density at radius 1 is 1.00 bits per heavy atom. The number of rotatable bonds is 9. The standard InChI is InChI=1S/C25H25N3O4/c1-2-32-22-15-18(13-14-21(22)29)16-27-28-23(30)17-26-25(31)24(19-9-5-3-6-10-19)20-11-7-4-8-12-20/h3-16,24,29H,2,17H2,1H3,(H,26,31)(H,28,30)/b27-16-. The van der Waals surface area contributed by atoms with Crippen LogP contribution in [-0.4, -0.2) is 36.3 Å². The van der Waals surface area contributed by atoms with E-state index in [4.69, 9.17) is 4.74 Å². The van der Waals surface area contributed by atoms with Gasteiger partial charge in [0.25, 0.3) is 5.91 Å². The molecule has 3 N–H and O–H groups in total. The average Bonchev–Trinajstić information content (AvgIpc) is 2.81. The van der Waals surface area contributed by atoms with Gasteiger partial charge in [0.05, 0.1) is 25.3 Å². The highest BCUT2D eigenvalue weighted by molar-refractivity contribution is 5.91. The molecule has 0 spiro atoms. The van der Waals surface area contributed by atoms with E-state index in [1.807, 2.05) is 67.6 Å². The maximum Gasteiger partial charge on any atom is 0.259 e. The van der Waals surface area contributed by atoms with Crippen LogP contribution in [-0.2, 0) is 9.59 Å². The lowest BCUT2D eigenvalue weighted by molar-refractivity contribution is -0.126. The van der Waals surface area contributed by atoms with Gasteiger partial charge in [-0.25, -0.2) is 5.43 Å². The summed E-state index contributed by atoms with van der Waals surface area (Å²) < 4.78 is 5.32. The molecule has 7 heteroatoms. The third-order valence-corrected chi connectivity index (χ3v) is 4.64. The minimum atomic E-state index is -0.525. The van der Waals surface area contributed by atoms with Crippen LogP contribution in [0.5, 0.6) is 11.5 Å². The highest BCUT2D eigenvalue weighted by Crippen LogP contribution is 2.26. The summed E-state index contributed by atoms with van der Waals surface area (Å²) in [6, 6.07) is 23.6. The van der Waals surface area contributed by atoms with Crippen molar-refractivity contribution in [3.05, 3.63) is 95.6 Å².